The van der Waals surface area contributed by atoms with Crippen molar-refractivity contribution in [2.75, 3.05) is 36.0 Å². The highest BCUT2D eigenvalue weighted by Crippen LogP contribution is 2.30. The zero-order valence-corrected chi connectivity index (χ0v) is 14.0. The molecule has 1 aliphatic rings. The van der Waals surface area contributed by atoms with E-state index in [1.165, 1.54) is 12.1 Å². The SMILES string of the molecule is O=C([O-])c1ccc(N2CCN(c3ccc(Cl)cc3)CC2)c([N+](=O)[O-])c1. The molecule has 0 unspecified atom stereocenters. The fourth-order valence-corrected chi connectivity index (χ4v) is 3.05. The third-order valence-corrected chi connectivity index (χ3v) is 4.47. The lowest BCUT2D eigenvalue weighted by Gasteiger charge is -2.37. The van der Waals surface area contributed by atoms with Gasteiger partial charge in [-0.3, -0.25) is 10.1 Å². The molecule has 0 aromatic heterocycles. The summed E-state index contributed by atoms with van der Waals surface area (Å²) in [6.45, 7) is 2.57. The minimum atomic E-state index is -1.43. The first-order valence-corrected chi connectivity index (χ1v) is 8.09. The number of carbonyl (C=O) groups is 1. The van der Waals surface area contributed by atoms with Crippen molar-refractivity contribution in [3.8, 4) is 0 Å². The van der Waals surface area contributed by atoms with Gasteiger partial charge in [-0.05, 0) is 30.3 Å². The quantitative estimate of drug-likeness (QED) is 0.611. The molecule has 0 amide bonds. The zero-order valence-electron chi connectivity index (χ0n) is 13.2. The number of carboxylic acid groups (broad SMARTS) is 1. The standard InChI is InChI=1S/C17H16ClN3O4/c18-13-2-4-14(5-3-13)19-7-9-20(10-8-19)15-6-1-12(17(22)23)11-16(15)21(24)25/h1-6,11H,7-10H2,(H,22,23)/p-1. The Balaban J connectivity index is 1.77. The minimum Gasteiger partial charge on any atom is -0.545 e. The summed E-state index contributed by atoms with van der Waals surface area (Å²) in [5.74, 6) is -1.43. The predicted octanol–water partition coefficient (Wildman–Crippen LogP) is 1.94. The number of piperazine rings is 1. The van der Waals surface area contributed by atoms with Crippen LogP contribution in [0.1, 0.15) is 10.4 Å². The second-order valence-corrected chi connectivity index (χ2v) is 6.14. The molecule has 0 atom stereocenters. The van der Waals surface area contributed by atoms with Crippen LogP contribution in [0.25, 0.3) is 0 Å². The van der Waals surface area contributed by atoms with E-state index in [1.54, 1.807) is 0 Å². The third-order valence-electron chi connectivity index (χ3n) is 4.22. The Bertz CT molecular complexity index is 802. The summed E-state index contributed by atoms with van der Waals surface area (Å²) in [6, 6.07) is 11.4. The van der Waals surface area contributed by atoms with Gasteiger partial charge in [0.1, 0.15) is 5.69 Å². The normalized spacial score (nSPS) is 14.4. The number of anilines is 2. The minimum absolute atomic E-state index is 0.199. The summed E-state index contributed by atoms with van der Waals surface area (Å²) in [4.78, 5) is 25.7. The smallest absolute Gasteiger partial charge is 0.293 e. The van der Waals surface area contributed by atoms with Gasteiger partial charge in [0.15, 0.2) is 0 Å². The highest BCUT2D eigenvalue weighted by molar-refractivity contribution is 6.30. The van der Waals surface area contributed by atoms with Crippen molar-refractivity contribution in [1.29, 1.82) is 0 Å². The van der Waals surface area contributed by atoms with Gasteiger partial charge in [-0.2, -0.15) is 0 Å². The van der Waals surface area contributed by atoms with Crippen LogP contribution in [0.15, 0.2) is 42.5 Å². The van der Waals surface area contributed by atoms with E-state index < -0.39 is 10.9 Å². The lowest BCUT2D eigenvalue weighted by molar-refractivity contribution is -0.384. The summed E-state index contributed by atoms with van der Waals surface area (Å²) in [6.07, 6.45) is 0. The molecule has 8 heteroatoms. The highest BCUT2D eigenvalue weighted by Gasteiger charge is 2.24. The number of benzene rings is 2. The van der Waals surface area contributed by atoms with Gasteiger partial charge in [0.25, 0.3) is 5.69 Å². The molecule has 0 saturated carbocycles. The third kappa shape index (κ3) is 3.66. The summed E-state index contributed by atoms with van der Waals surface area (Å²) >= 11 is 5.90. The molecule has 2 aromatic rings. The van der Waals surface area contributed by atoms with Crippen molar-refractivity contribution in [2.45, 2.75) is 0 Å². The van der Waals surface area contributed by atoms with Crippen LogP contribution in [0.5, 0.6) is 0 Å². The van der Waals surface area contributed by atoms with Crippen LogP contribution < -0.4 is 14.9 Å². The summed E-state index contributed by atoms with van der Waals surface area (Å²) in [5, 5.41) is 22.9. The lowest BCUT2D eigenvalue weighted by Crippen LogP contribution is -2.46. The molecule has 2 aromatic carbocycles. The first-order valence-electron chi connectivity index (χ1n) is 7.71. The van der Waals surface area contributed by atoms with Gasteiger partial charge in [-0.15, -0.1) is 0 Å². The number of hydrogen-bond acceptors (Lipinski definition) is 6. The van der Waals surface area contributed by atoms with Crippen molar-refractivity contribution in [3.05, 3.63) is 63.2 Å². The molecule has 1 saturated heterocycles. The summed E-state index contributed by atoms with van der Waals surface area (Å²) in [7, 11) is 0. The monoisotopic (exact) mass is 360 g/mol. The Kier molecular flexibility index (Phi) is 4.76. The number of aromatic carboxylic acids is 1. The Morgan fingerprint density at radius 3 is 2.16 bits per heavy atom. The van der Waals surface area contributed by atoms with Crippen molar-refractivity contribution >= 4 is 34.6 Å². The van der Waals surface area contributed by atoms with Gasteiger partial charge in [0, 0.05) is 48.5 Å². The molecule has 130 valence electrons. The number of carbonyl (C=O) groups excluding carboxylic acids is 1. The predicted molar refractivity (Wildman–Crippen MR) is 93.3 cm³/mol. The molecule has 0 bridgehead atoms. The molecule has 0 N–H and O–H groups in total. The average molecular weight is 361 g/mol. The van der Waals surface area contributed by atoms with E-state index in [9.17, 15) is 20.0 Å². The van der Waals surface area contributed by atoms with Crippen molar-refractivity contribution in [3.63, 3.8) is 0 Å². The first kappa shape index (κ1) is 17.0. The Hall–Kier alpha value is -2.80. The van der Waals surface area contributed by atoms with Crippen molar-refractivity contribution in [1.82, 2.24) is 0 Å². The second kappa shape index (κ2) is 6.98. The van der Waals surface area contributed by atoms with Crippen LogP contribution >= 0.6 is 11.6 Å². The molecule has 0 radical (unpaired) electrons. The number of rotatable bonds is 4. The van der Waals surface area contributed by atoms with E-state index in [-0.39, 0.29) is 11.3 Å². The first-order chi connectivity index (χ1) is 12.0. The van der Waals surface area contributed by atoms with Crippen molar-refractivity contribution in [2.24, 2.45) is 0 Å². The topological polar surface area (TPSA) is 89.8 Å². The van der Waals surface area contributed by atoms with Gasteiger partial charge in [0.2, 0.25) is 0 Å². The maximum absolute atomic E-state index is 11.3. The molecule has 7 nitrogen and oxygen atoms in total. The Morgan fingerprint density at radius 1 is 1.00 bits per heavy atom. The Morgan fingerprint density at radius 2 is 1.60 bits per heavy atom. The van der Waals surface area contributed by atoms with E-state index in [0.29, 0.717) is 36.9 Å². The van der Waals surface area contributed by atoms with Gasteiger partial charge in [-0.1, -0.05) is 17.7 Å². The largest absolute Gasteiger partial charge is 0.545 e. The number of nitro groups is 1. The van der Waals surface area contributed by atoms with E-state index in [1.807, 2.05) is 29.2 Å². The van der Waals surface area contributed by atoms with Crippen LogP contribution in [0, 0.1) is 10.1 Å². The fourth-order valence-electron chi connectivity index (χ4n) is 2.92. The van der Waals surface area contributed by atoms with Crippen LogP contribution in [0.3, 0.4) is 0 Å². The van der Waals surface area contributed by atoms with Crippen LogP contribution in [0.2, 0.25) is 5.02 Å². The number of hydrogen-bond donors (Lipinski definition) is 0. The van der Waals surface area contributed by atoms with E-state index in [2.05, 4.69) is 4.90 Å². The van der Waals surface area contributed by atoms with E-state index in [0.717, 1.165) is 11.8 Å². The summed E-state index contributed by atoms with van der Waals surface area (Å²) in [5.41, 5.74) is 1.05. The maximum atomic E-state index is 11.3. The number of carboxylic acids is 1. The Labute approximate surface area is 149 Å². The number of halogens is 1. The van der Waals surface area contributed by atoms with E-state index in [4.69, 9.17) is 11.6 Å². The molecule has 25 heavy (non-hydrogen) atoms. The molecular weight excluding hydrogens is 346 g/mol. The molecule has 1 aliphatic heterocycles. The second-order valence-electron chi connectivity index (χ2n) is 5.70. The molecule has 0 aliphatic carbocycles. The van der Waals surface area contributed by atoms with Crippen LogP contribution in [0.4, 0.5) is 17.1 Å². The van der Waals surface area contributed by atoms with Crippen LogP contribution in [-0.2, 0) is 0 Å². The fraction of sp³-hybridized carbons (Fsp3) is 0.235. The van der Waals surface area contributed by atoms with E-state index >= 15 is 0 Å². The van der Waals surface area contributed by atoms with Crippen LogP contribution in [-0.4, -0.2) is 37.1 Å². The van der Waals surface area contributed by atoms with Gasteiger partial charge in [0.05, 0.1) is 10.9 Å². The van der Waals surface area contributed by atoms with Gasteiger partial charge < -0.3 is 19.7 Å². The van der Waals surface area contributed by atoms with Crippen molar-refractivity contribution < 1.29 is 14.8 Å². The van der Waals surface area contributed by atoms with Gasteiger partial charge in [-0.25, -0.2) is 0 Å². The zero-order chi connectivity index (χ0) is 18.0. The molecule has 1 fully saturated rings. The molecule has 3 rings (SSSR count). The highest BCUT2D eigenvalue weighted by atomic mass is 35.5. The number of nitrogens with zero attached hydrogens (tertiary/aromatic N) is 3. The molecular formula is C17H15ClN3O4-. The number of nitro benzene ring substituents is 1. The van der Waals surface area contributed by atoms with Gasteiger partial charge >= 0.3 is 0 Å². The average Bonchev–Trinajstić information content (AvgIpc) is 2.62. The molecule has 1 heterocycles. The molecule has 0 spiro atoms. The lowest BCUT2D eigenvalue weighted by atomic mass is 10.1. The summed E-state index contributed by atoms with van der Waals surface area (Å²) < 4.78 is 0. The maximum Gasteiger partial charge on any atom is 0.293 e.